The van der Waals surface area contributed by atoms with Gasteiger partial charge in [-0.1, -0.05) is 35.9 Å². The largest absolute Gasteiger partial charge is 0.333 e. The molecule has 0 fully saturated rings. The van der Waals surface area contributed by atoms with Crippen molar-refractivity contribution in [1.82, 2.24) is 19.5 Å². The molecule has 126 valence electrons. The van der Waals surface area contributed by atoms with Crippen LogP contribution in [-0.2, 0) is 0 Å². The fraction of sp³-hybridized carbons (Fsp3) is 0.211. The number of hydrogen-bond donors (Lipinski definition) is 0. The van der Waals surface area contributed by atoms with Gasteiger partial charge in [0.1, 0.15) is 0 Å². The normalized spacial score (nSPS) is 14.6. The van der Waals surface area contributed by atoms with Gasteiger partial charge in [0.2, 0.25) is 0 Å². The Morgan fingerprint density at radius 3 is 2.76 bits per heavy atom. The van der Waals surface area contributed by atoms with Crippen LogP contribution in [0.25, 0.3) is 11.2 Å². The average Bonchev–Trinajstić information content (AvgIpc) is 3.05. The van der Waals surface area contributed by atoms with Gasteiger partial charge in [-0.05, 0) is 40.4 Å². The van der Waals surface area contributed by atoms with Crippen molar-refractivity contribution in [1.29, 1.82) is 0 Å². The molecule has 25 heavy (non-hydrogen) atoms. The van der Waals surface area contributed by atoms with Crippen molar-refractivity contribution >= 4 is 33.1 Å². The third-order valence-electron chi connectivity index (χ3n) is 4.42. The maximum Gasteiger partial charge on any atom is 0.274 e. The summed E-state index contributed by atoms with van der Waals surface area (Å²) in [5, 5.41) is 4.35. The second-order valence-corrected chi connectivity index (χ2v) is 7.12. The zero-order valence-corrected chi connectivity index (χ0v) is 15.4. The van der Waals surface area contributed by atoms with Gasteiger partial charge in [0.15, 0.2) is 11.3 Å². The molecular weight excluding hydrogens is 380 g/mol. The summed E-state index contributed by atoms with van der Waals surface area (Å²) in [7, 11) is 0. The highest BCUT2D eigenvalue weighted by atomic mass is 79.9. The van der Waals surface area contributed by atoms with E-state index in [9.17, 15) is 4.79 Å². The van der Waals surface area contributed by atoms with Gasteiger partial charge < -0.3 is 4.90 Å². The van der Waals surface area contributed by atoms with Gasteiger partial charge in [-0.2, -0.15) is 5.10 Å². The predicted octanol–water partition coefficient (Wildman–Crippen LogP) is 3.73. The summed E-state index contributed by atoms with van der Waals surface area (Å²) < 4.78 is 2.44. The van der Waals surface area contributed by atoms with E-state index in [1.54, 1.807) is 23.0 Å². The summed E-state index contributed by atoms with van der Waals surface area (Å²) in [6, 6.07) is 10.3. The summed E-state index contributed by atoms with van der Waals surface area (Å²) in [6.45, 7) is 3.39. The molecule has 0 unspecified atom stereocenters. The second kappa shape index (κ2) is 6.44. The monoisotopic (exact) mass is 396 g/mol. The predicted molar refractivity (Wildman–Crippen MR) is 100 cm³/mol. The van der Waals surface area contributed by atoms with E-state index in [2.05, 4.69) is 63.3 Å². The van der Waals surface area contributed by atoms with E-state index in [4.69, 9.17) is 0 Å². The fourth-order valence-corrected chi connectivity index (χ4v) is 3.30. The molecule has 4 rings (SSSR count). The van der Waals surface area contributed by atoms with E-state index >= 15 is 0 Å². The average molecular weight is 397 g/mol. The molecule has 3 heterocycles. The molecule has 1 aliphatic heterocycles. The third kappa shape index (κ3) is 3.22. The van der Waals surface area contributed by atoms with Crippen LogP contribution in [0, 0.1) is 6.92 Å². The number of nitrogens with zero attached hydrogens (tertiary/aromatic N) is 4. The molecular formula is C19H17BrN4O. The molecule has 1 aliphatic rings. The lowest BCUT2D eigenvalue weighted by atomic mass is 9.98. The highest BCUT2D eigenvalue weighted by Crippen LogP contribution is 2.23. The van der Waals surface area contributed by atoms with Crippen LogP contribution in [0.4, 0.5) is 0 Å². The van der Waals surface area contributed by atoms with Crippen LogP contribution in [0.5, 0.6) is 0 Å². The van der Waals surface area contributed by atoms with Crippen LogP contribution in [-0.4, -0.2) is 38.5 Å². The summed E-state index contributed by atoms with van der Waals surface area (Å²) in [4.78, 5) is 18.8. The zero-order chi connectivity index (χ0) is 17.4. The second-order valence-electron chi connectivity index (χ2n) is 6.20. The first-order chi connectivity index (χ1) is 12.1. The van der Waals surface area contributed by atoms with Gasteiger partial charge in [0, 0.05) is 31.5 Å². The van der Waals surface area contributed by atoms with E-state index in [0.29, 0.717) is 24.4 Å². The molecule has 0 N–H and O–H groups in total. The number of halogens is 1. The van der Waals surface area contributed by atoms with Crippen molar-refractivity contribution in [2.45, 2.75) is 13.3 Å². The van der Waals surface area contributed by atoms with Gasteiger partial charge in [-0.3, -0.25) is 4.79 Å². The number of aryl methyl sites for hydroxylation is 1. The lowest BCUT2D eigenvalue weighted by Crippen LogP contribution is -2.34. The Kier molecular flexibility index (Phi) is 4.13. The van der Waals surface area contributed by atoms with E-state index in [1.165, 1.54) is 16.7 Å². The van der Waals surface area contributed by atoms with Crippen LogP contribution in [0.2, 0.25) is 0 Å². The Balaban J connectivity index is 1.52. The van der Waals surface area contributed by atoms with Crippen molar-refractivity contribution in [3.63, 3.8) is 0 Å². The zero-order valence-electron chi connectivity index (χ0n) is 13.8. The van der Waals surface area contributed by atoms with Gasteiger partial charge in [-0.15, -0.1) is 0 Å². The summed E-state index contributed by atoms with van der Waals surface area (Å²) in [5.74, 6) is -0.0548. The van der Waals surface area contributed by atoms with Gasteiger partial charge in [0.25, 0.3) is 5.91 Å². The minimum atomic E-state index is -0.0548. The SMILES string of the molecule is Cc1ccc(C2=CCN(C(=O)c3cc4ncc(Br)cn4n3)CC2)cc1. The van der Waals surface area contributed by atoms with Crippen LogP contribution in [0.1, 0.15) is 28.0 Å². The maximum atomic E-state index is 12.7. The van der Waals surface area contributed by atoms with E-state index in [-0.39, 0.29) is 5.91 Å². The first-order valence-electron chi connectivity index (χ1n) is 8.16. The number of carbonyl (C=O) groups excluding carboxylic acids is 1. The van der Waals surface area contributed by atoms with Crippen LogP contribution >= 0.6 is 15.9 Å². The first-order valence-corrected chi connectivity index (χ1v) is 8.96. The Hall–Kier alpha value is -2.47. The molecule has 0 saturated carbocycles. The molecule has 1 amide bonds. The third-order valence-corrected chi connectivity index (χ3v) is 4.83. The summed E-state index contributed by atoms with van der Waals surface area (Å²) >= 11 is 3.36. The molecule has 0 atom stereocenters. The smallest absolute Gasteiger partial charge is 0.274 e. The summed E-state index contributed by atoms with van der Waals surface area (Å²) in [6.07, 6.45) is 6.48. The Morgan fingerprint density at radius 2 is 2.04 bits per heavy atom. The van der Waals surface area contributed by atoms with Crippen LogP contribution in [0.3, 0.4) is 0 Å². The number of fused-ring (bicyclic) bond motifs is 1. The number of rotatable bonds is 2. The molecule has 0 bridgehead atoms. The Labute approximate surface area is 154 Å². The molecule has 0 saturated heterocycles. The molecule has 0 aliphatic carbocycles. The van der Waals surface area contributed by atoms with Crippen molar-refractivity contribution in [3.8, 4) is 0 Å². The number of benzene rings is 1. The molecule has 0 spiro atoms. The molecule has 6 heteroatoms. The Bertz CT molecular complexity index is 975. The fourth-order valence-electron chi connectivity index (χ4n) is 3.00. The molecule has 5 nitrogen and oxygen atoms in total. The van der Waals surface area contributed by atoms with Gasteiger partial charge in [-0.25, -0.2) is 9.50 Å². The minimum Gasteiger partial charge on any atom is -0.333 e. The molecule has 3 aromatic rings. The topological polar surface area (TPSA) is 50.5 Å². The van der Waals surface area contributed by atoms with Gasteiger partial charge in [0.05, 0.1) is 4.47 Å². The molecule has 1 aromatic carbocycles. The highest BCUT2D eigenvalue weighted by Gasteiger charge is 2.22. The minimum absolute atomic E-state index is 0.0548. The van der Waals surface area contributed by atoms with Crippen molar-refractivity contribution in [2.75, 3.05) is 13.1 Å². The lowest BCUT2D eigenvalue weighted by molar-refractivity contribution is 0.0766. The van der Waals surface area contributed by atoms with Crippen molar-refractivity contribution in [2.24, 2.45) is 0 Å². The first kappa shape index (κ1) is 16.0. The van der Waals surface area contributed by atoms with E-state index in [0.717, 1.165) is 10.9 Å². The Morgan fingerprint density at radius 1 is 1.24 bits per heavy atom. The molecule has 2 aromatic heterocycles. The maximum absolute atomic E-state index is 12.7. The number of hydrogen-bond acceptors (Lipinski definition) is 3. The summed E-state index contributed by atoms with van der Waals surface area (Å²) in [5.41, 5.74) is 4.88. The standard InChI is InChI=1S/C19H17BrN4O/c1-13-2-4-14(5-3-13)15-6-8-23(9-7-15)19(25)17-10-18-21-11-16(20)12-24(18)22-17/h2-6,10-12H,7-9H2,1H3. The van der Waals surface area contributed by atoms with Gasteiger partial charge >= 0.3 is 0 Å². The molecule has 0 radical (unpaired) electrons. The highest BCUT2D eigenvalue weighted by molar-refractivity contribution is 9.10. The lowest BCUT2D eigenvalue weighted by Gasteiger charge is -2.26. The van der Waals surface area contributed by atoms with Crippen LogP contribution in [0.15, 0.2) is 53.3 Å². The number of amides is 1. The number of aromatic nitrogens is 3. The number of carbonyl (C=O) groups is 1. The van der Waals surface area contributed by atoms with Crippen molar-refractivity contribution < 1.29 is 4.79 Å². The van der Waals surface area contributed by atoms with Crippen molar-refractivity contribution in [3.05, 3.63) is 70.1 Å². The van der Waals surface area contributed by atoms with E-state index < -0.39 is 0 Å². The quantitative estimate of drug-likeness (QED) is 0.662. The van der Waals surface area contributed by atoms with E-state index in [1.807, 2.05) is 4.90 Å². The van der Waals surface area contributed by atoms with Crippen LogP contribution < -0.4 is 0 Å².